The van der Waals surface area contributed by atoms with E-state index in [0.29, 0.717) is 12.0 Å². The zero-order valence-corrected chi connectivity index (χ0v) is 9.71. The molecule has 0 rings (SSSR count). The fourth-order valence-electron chi connectivity index (χ4n) is 1.41. The van der Waals surface area contributed by atoms with Crippen molar-refractivity contribution in [1.82, 2.24) is 4.90 Å². The molecule has 2 nitrogen and oxygen atoms in total. The van der Waals surface area contributed by atoms with Crippen molar-refractivity contribution >= 4 is 0 Å². The van der Waals surface area contributed by atoms with Gasteiger partial charge in [0.1, 0.15) is 0 Å². The van der Waals surface area contributed by atoms with Gasteiger partial charge in [-0.3, -0.25) is 0 Å². The van der Waals surface area contributed by atoms with E-state index in [4.69, 9.17) is 5.73 Å². The van der Waals surface area contributed by atoms with E-state index in [1.807, 2.05) is 0 Å². The lowest BCUT2D eigenvalue weighted by Crippen LogP contribution is -2.31. The fraction of sp³-hybridized carbons (Fsp3) is 1.00. The molecule has 0 amide bonds. The highest BCUT2D eigenvalue weighted by atomic mass is 15.1. The van der Waals surface area contributed by atoms with Crippen molar-refractivity contribution in [3.8, 4) is 0 Å². The van der Waals surface area contributed by atoms with Crippen molar-refractivity contribution in [2.24, 2.45) is 11.7 Å². The third-order valence-electron chi connectivity index (χ3n) is 3.14. The van der Waals surface area contributed by atoms with E-state index in [9.17, 15) is 0 Å². The standard InChI is InChI=1S/C11H26N2/c1-5-10(3)13(4)8-7-11(6-2)9-12/h10-11H,5-9,12H2,1-4H3. The van der Waals surface area contributed by atoms with E-state index >= 15 is 0 Å². The Balaban J connectivity index is 3.61. The van der Waals surface area contributed by atoms with E-state index in [2.05, 4.69) is 32.7 Å². The van der Waals surface area contributed by atoms with E-state index < -0.39 is 0 Å². The Morgan fingerprint density at radius 2 is 1.85 bits per heavy atom. The average Bonchev–Trinajstić information content (AvgIpc) is 2.17. The summed E-state index contributed by atoms with van der Waals surface area (Å²) in [6.45, 7) is 8.77. The second-order valence-corrected chi connectivity index (χ2v) is 4.04. The van der Waals surface area contributed by atoms with Gasteiger partial charge in [-0.15, -0.1) is 0 Å². The summed E-state index contributed by atoms with van der Waals surface area (Å²) in [6, 6.07) is 0.704. The molecule has 2 unspecified atom stereocenters. The Kier molecular flexibility index (Phi) is 7.29. The molecule has 80 valence electrons. The third-order valence-corrected chi connectivity index (χ3v) is 3.14. The predicted molar refractivity (Wildman–Crippen MR) is 59.8 cm³/mol. The zero-order valence-electron chi connectivity index (χ0n) is 9.71. The summed E-state index contributed by atoms with van der Waals surface area (Å²) in [5, 5.41) is 0. The normalized spacial score (nSPS) is 16.2. The molecule has 0 spiro atoms. The van der Waals surface area contributed by atoms with Crippen LogP contribution >= 0.6 is 0 Å². The summed E-state index contributed by atoms with van der Waals surface area (Å²) in [7, 11) is 2.21. The molecule has 2 atom stereocenters. The van der Waals surface area contributed by atoms with Crippen molar-refractivity contribution in [2.45, 2.75) is 46.1 Å². The molecule has 0 radical (unpaired) electrons. The second-order valence-electron chi connectivity index (χ2n) is 4.04. The van der Waals surface area contributed by atoms with Crippen LogP contribution < -0.4 is 5.73 Å². The smallest absolute Gasteiger partial charge is 0.00612 e. The summed E-state index contributed by atoms with van der Waals surface area (Å²) in [5.41, 5.74) is 5.66. The summed E-state index contributed by atoms with van der Waals surface area (Å²) in [4.78, 5) is 2.43. The minimum Gasteiger partial charge on any atom is -0.330 e. The van der Waals surface area contributed by atoms with Crippen LogP contribution in [0.3, 0.4) is 0 Å². The fourth-order valence-corrected chi connectivity index (χ4v) is 1.41. The molecule has 0 aromatic heterocycles. The van der Waals surface area contributed by atoms with Gasteiger partial charge in [0, 0.05) is 6.04 Å². The van der Waals surface area contributed by atoms with Crippen molar-refractivity contribution in [1.29, 1.82) is 0 Å². The lowest BCUT2D eigenvalue weighted by Gasteiger charge is -2.25. The molecule has 0 fully saturated rings. The minimum atomic E-state index is 0.704. The molecule has 0 aromatic rings. The Morgan fingerprint density at radius 3 is 2.23 bits per heavy atom. The van der Waals surface area contributed by atoms with Crippen molar-refractivity contribution in [3.05, 3.63) is 0 Å². The van der Waals surface area contributed by atoms with Gasteiger partial charge >= 0.3 is 0 Å². The molecule has 0 aromatic carbocycles. The summed E-state index contributed by atoms with van der Waals surface area (Å²) in [5.74, 6) is 0.714. The Morgan fingerprint density at radius 1 is 1.23 bits per heavy atom. The maximum absolute atomic E-state index is 5.66. The van der Waals surface area contributed by atoms with Crippen LogP contribution in [0.2, 0.25) is 0 Å². The van der Waals surface area contributed by atoms with Gasteiger partial charge in [-0.2, -0.15) is 0 Å². The zero-order chi connectivity index (χ0) is 10.3. The van der Waals surface area contributed by atoms with Crippen LogP contribution in [0, 0.1) is 5.92 Å². The number of nitrogens with two attached hydrogens (primary N) is 1. The van der Waals surface area contributed by atoms with Crippen LogP contribution in [0.1, 0.15) is 40.0 Å². The second kappa shape index (κ2) is 7.34. The maximum atomic E-state index is 5.66. The molecule has 0 bridgehead atoms. The molecule has 0 aliphatic carbocycles. The first kappa shape index (κ1) is 12.9. The lowest BCUT2D eigenvalue weighted by molar-refractivity contribution is 0.232. The molecule has 13 heavy (non-hydrogen) atoms. The first-order valence-electron chi connectivity index (χ1n) is 5.55. The van der Waals surface area contributed by atoms with Gasteiger partial charge in [-0.05, 0) is 45.8 Å². The molecule has 0 aliphatic heterocycles. The van der Waals surface area contributed by atoms with Gasteiger partial charge in [0.25, 0.3) is 0 Å². The maximum Gasteiger partial charge on any atom is 0.00612 e. The van der Waals surface area contributed by atoms with Crippen LogP contribution in [0.5, 0.6) is 0 Å². The minimum absolute atomic E-state index is 0.704. The van der Waals surface area contributed by atoms with Gasteiger partial charge in [0.15, 0.2) is 0 Å². The molecular formula is C11H26N2. The molecule has 0 saturated heterocycles. The quantitative estimate of drug-likeness (QED) is 0.659. The van der Waals surface area contributed by atoms with Crippen LogP contribution in [-0.2, 0) is 0 Å². The number of hydrogen-bond acceptors (Lipinski definition) is 2. The van der Waals surface area contributed by atoms with Gasteiger partial charge in [-0.25, -0.2) is 0 Å². The predicted octanol–water partition coefficient (Wildman–Crippen LogP) is 2.09. The summed E-state index contributed by atoms with van der Waals surface area (Å²) >= 11 is 0. The Bertz CT molecular complexity index is 111. The first-order chi connectivity index (χ1) is 6.15. The molecule has 0 heterocycles. The third kappa shape index (κ3) is 5.27. The highest BCUT2D eigenvalue weighted by molar-refractivity contribution is 4.65. The van der Waals surface area contributed by atoms with Crippen LogP contribution in [0.15, 0.2) is 0 Å². The highest BCUT2D eigenvalue weighted by Crippen LogP contribution is 2.09. The topological polar surface area (TPSA) is 29.3 Å². The van der Waals surface area contributed by atoms with E-state index in [1.165, 1.54) is 25.8 Å². The largest absolute Gasteiger partial charge is 0.330 e. The molecule has 2 N–H and O–H groups in total. The summed E-state index contributed by atoms with van der Waals surface area (Å²) in [6.07, 6.45) is 3.69. The van der Waals surface area contributed by atoms with Gasteiger partial charge in [0.2, 0.25) is 0 Å². The molecule has 2 heteroatoms. The average molecular weight is 186 g/mol. The number of nitrogens with zero attached hydrogens (tertiary/aromatic N) is 1. The Labute approximate surface area is 83.5 Å². The summed E-state index contributed by atoms with van der Waals surface area (Å²) < 4.78 is 0. The molecule has 0 saturated carbocycles. The van der Waals surface area contributed by atoms with Crippen LogP contribution in [0.25, 0.3) is 0 Å². The number of hydrogen-bond donors (Lipinski definition) is 1. The Hall–Kier alpha value is -0.0800. The van der Waals surface area contributed by atoms with Gasteiger partial charge in [0.05, 0.1) is 0 Å². The van der Waals surface area contributed by atoms with Gasteiger partial charge in [-0.1, -0.05) is 20.3 Å². The first-order valence-corrected chi connectivity index (χ1v) is 5.55. The van der Waals surface area contributed by atoms with Crippen molar-refractivity contribution in [3.63, 3.8) is 0 Å². The van der Waals surface area contributed by atoms with Crippen LogP contribution in [-0.4, -0.2) is 31.1 Å². The lowest BCUT2D eigenvalue weighted by atomic mass is 10.0. The van der Waals surface area contributed by atoms with Crippen molar-refractivity contribution < 1.29 is 0 Å². The molecule has 0 aliphatic rings. The van der Waals surface area contributed by atoms with Gasteiger partial charge < -0.3 is 10.6 Å². The van der Waals surface area contributed by atoms with Crippen LogP contribution in [0.4, 0.5) is 0 Å². The number of rotatable bonds is 7. The van der Waals surface area contributed by atoms with E-state index in [-0.39, 0.29) is 0 Å². The monoisotopic (exact) mass is 186 g/mol. The van der Waals surface area contributed by atoms with E-state index in [1.54, 1.807) is 0 Å². The van der Waals surface area contributed by atoms with E-state index in [0.717, 1.165) is 6.54 Å². The molecular weight excluding hydrogens is 160 g/mol. The van der Waals surface area contributed by atoms with Crippen molar-refractivity contribution in [2.75, 3.05) is 20.1 Å². The SMILES string of the molecule is CCC(CN)CCN(C)C(C)CC. The highest BCUT2D eigenvalue weighted by Gasteiger charge is 2.09.